The van der Waals surface area contributed by atoms with E-state index in [2.05, 4.69) is 36.1 Å². The van der Waals surface area contributed by atoms with Crippen molar-refractivity contribution in [1.29, 1.82) is 0 Å². The lowest BCUT2D eigenvalue weighted by molar-refractivity contribution is -0.0108. The summed E-state index contributed by atoms with van der Waals surface area (Å²) in [5.41, 5.74) is 1.75. The lowest BCUT2D eigenvalue weighted by atomic mass is 9.74. The van der Waals surface area contributed by atoms with Gasteiger partial charge in [-0.3, -0.25) is 10.3 Å². The first kappa shape index (κ1) is 17.8. The number of pyridine rings is 1. The summed E-state index contributed by atoms with van der Waals surface area (Å²) in [5, 5.41) is 15.7. The molecule has 7 heteroatoms. The van der Waals surface area contributed by atoms with E-state index in [0.29, 0.717) is 18.2 Å². The second-order valence-electron chi connectivity index (χ2n) is 7.48. The van der Waals surface area contributed by atoms with Crippen molar-refractivity contribution in [2.45, 2.75) is 33.3 Å². The first-order valence-corrected chi connectivity index (χ1v) is 9.32. The van der Waals surface area contributed by atoms with Crippen LogP contribution in [0, 0.1) is 11.3 Å². The molecule has 2 N–H and O–H groups in total. The molecule has 6 nitrogen and oxygen atoms in total. The first-order valence-electron chi connectivity index (χ1n) is 8.44. The Balaban J connectivity index is 1.61. The van der Waals surface area contributed by atoms with Gasteiger partial charge in [0.05, 0.1) is 11.8 Å². The van der Waals surface area contributed by atoms with Gasteiger partial charge in [0.25, 0.3) is 0 Å². The molecule has 2 aromatic rings. The van der Waals surface area contributed by atoms with Crippen molar-refractivity contribution in [3.05, 3.63) is 29.9 Å². The summed E-state index contributed by atoms with van der Waals surface area (Å²) >= 11 is 1.38. The Morgan fingerprint density at radius 2 is 2.24 bits per heavy atom. The summed E-state index contributed by atoms with van der Waals surface area (Å²) in [6, 6.07) is 3.58. The Bertz CT molecular complexity index is 726. The SMILES string of the molecule is CC(C)(C)[C@H]1CCN(C(=O)Nc2nc(-c3cccnc3)cs2)C[C@@H]1O. The number of piperidine rings is 1. The monoisotopic (exact) mass is 360 g/mol. The number of carbonyl (C=O) groups excluding carboxylic acids is 1. The molecule has 1 fully saturated rings. The zero-order chi connectivity index (χ0) is 18.0. The third kappa shape index (κ3) is 4.16. The van der Waals surface area contributed by atoms with E-state index in [1.54, 1.807) is 17.3 Å². The maximum atomic E-state index is 12.5. The number of hydrogen-bond acceptors (Lipinski definition) is 5. The van der Waals surface area contributed by atoms with E-state index in [0.717, 1.165) is 17.7 Å². The highest BCUT2D eigenvalue weighted by Crippen LogP contribution is 2.34. The van der Waals surface area contributed by atoms with E-state index < -0.39 is 6.10 Å². The molecule has 1 aliphatic heterocycles. The van der Waals surface area contributed by atoms with Gasteiger partial charge in [-0.2, -0.15) is 0 Å². The summed E-state index contributed by atoms with van der Waals surface area (Å²) in [6.45, 7) is 7.39. The van der Waals surface area contributed by atoms with Crippen LogP contribution < -0.4 is 5.32 Å². The maximum absolute atomic E-state index is 12.5. The van der Waals surface area contributed by atoms with Crippen molar-refractivity contribution in [2.24, 2.45) is 11.3 Å². The molecule has 0 aromatic carbocycles. The van der Waals surface area contributed by atoms with Gasteiger partial charge in [-0.05, 0) is 29.9 Å². The zero-order valence-corrected chi connectivity index (χ0v) is 15.6. The zero-order valence-electron chi connectivity index (χ0n) is 14.8. The average Bonchev–Trinajstić information content (AvgIpc) is 3.03. The quantitative estimate of drug-likeness (QED) is 0.860. The Hall–Kier alpha value is -1.99. The molecule has 0 unspecified atom stereocenters. The summed E-state index contributed by atoms with van der Waals surface area (Å²) < 4.78 is 0. The fraction of sp³-hybridized carbons (Fsp3) is 0.500. The highest BCUT2D eigenvalue weighted by Gasteiger charge is 2.37. The van der Waals surface area contributed by atoms with Crippen molar-refractivity contribution in [3.63, 3.8) is 0 Å². The van der Waals surface area contributed by atoms with E-state index in [-0.39, 0.29) is 17.4 Å². The molecule has 1 aliphatic rings. The number of amides is 2. The first-order chi connectivity index (χ1) is 11.8. The lowest BCUT2D eigenvalue weighted by Gasteiger charge is -2.42. The number of aliphatic hydroxyl groups is 1. The highest BCUT2D eigenvalue weighted by molar-refractivity contribution is 7.14. The Morgan fingerprint density at radius 3 is 2.88 bits per heavy atom. The molecule has 2 amide bonds. The van der Waals surface area contributed by atoms with Gasteiger partial charge in [0.15, 0.2) is 5.13 Å². The molecule has 0 radical (unpaired) electrons. The van der Waals surface area contributed by atoms with E-state index in [1.165, 1.54) is 11.3 Å². The molecular weight excluding hydrogens is 336 g/mol. The summed E-state index contributed by atoms with van der Waals surface area (Å²) in [5.74, 6) is 0.202. The number of nitrogens with one attached hydrogen (secondary N) is 1. The van der Waals surface area contributed by atoms with Crippen LogP contribution in [0.4, 0.5) is 9.93 Å². The Morgan fingerprint density at radius 1 is 1.44 bits per heavy atom. The van der Waals surface area contributed by atoms with Crippen LogP contribution in [0.1, 0.15) is 27.2 Å². The third-order valence-electron chi connectivity index (χ3n) is 4.66. The molecule has 2 atom stereocenters. The van der Waals surface area contributed by atoms with E-state index in [4.69, 9.17) is 0 Å². The number of urea groups is 1. The molecule has 134 valence electrons. The number of rotatable bonds is 2. The van der Waals surface area contributed by atoms with Crippen LogP contribution in [-0.4, -0.2) is 45.2 Å². The molecule has 0 aliphatic carbocycles. The standard InChI is InChI=1S/C18H24N4O2S/c1-18(2,3)13-6-8-22(10-15(13)23)17(24)21-16-20-14(11-25-16)12-5-4-7-19-9-12/h4-5,7,9,11,13,15,23H,6,8,10H2,1-3H3,(H,20,21,24)/t13-,15-/m0/s1. The van der Waals surface area contributed by atoms with Gasteiger partial charge in [-0.15, -0.1) is 11.3 Å². The fourth-order valence-corrected chi connectivity index (χ4v) is 3.98. The maximum Gasteiger partial charge on any atom is 0.323 e. The highest BCUT2D eigenvalue weighted by atomic mass is 32.1. The van der Waals surface area contributed by atoms with E-state index in [1.807, 2.05) is 17.5 Å². The number of aromatic nitrogens is 2. The normalized spacial score (nSPS) is 21.2. The van der Waals surface area contributed by atoms with Crippen LogP contribution in [0.15, 0.2) is 29.9 Å². The van der Waals surface area contributed by atoms with Crippen molar-refractivity contribution < 1.29 is 9.90 Å². The minimum atomic E-state index is -0.498. The van der Waals surface area contributed by atoms with Crippen LogP contribution in [0.25, 0.3) is 11.3 Å². The van der Waals surface area contributed by atoms with Gasteiger partial charge in [-0.25, -0.2) is 9.78 Å². The lowest BCUT2D eigenvalue weighted by Crippen LogP contribution is -2.51. The molecule has 0 spiro atoms. The number of thiazole rings is 1. The number of nitrogens with zero attached hydrogens (tertiary/aromatic N) is 3. The molecular formula is C18H24N4O2S. The van der Waals surface area contributed by atoms with E-state index >= 15 is 0 Å². The summed E-state index contributed by atoms with van der Waals surface area (Å²) in [7, 11) is 0. The van der Waals surface area contributed by atoms with Gasteiger partial charge in [-0.1, -0.05) is 20.8 Å². The number of β-amino-alcohol motifs (C(OH)–C–C–N with tert-alkyl or cyclic N) is 1. The second-order valence-corrected chi connectivity index (χ2v) is 8.34. The van der Waals surface area contributed by atoms with Crippen molar-refractivity contribution in [3.8, 4) is 11.3 Å². The van der Waals surface area contributed by atoms with Gasteiger partial charge < -0.3 is 10.0 Å². The second kappa shape index (κ2) is 7.09. The van der Waals surface area contributed by atoms with Crippen molar-refractivity contribution in [2.75, 3.05) is 18.4 Å². The van der Waals surface area contributed by atoms with E-state index in [9.17, 15) is 9.90 Å². The number of hydrogen-bond donors (Lipinski definition) is 2. The van der Waals surface area contributed by atoms with Crippen LogP contribution in [-0.2, 0) is 0 Å². The molecule has 3 rings (SSSR count). The largest absolute Gasteiger partial charge is 0.391 e. The Kier molecular flexibility index (Phi) is 5.06. The van der Waals surface area contributed by atoms with Crippen LogP contribution >= 0.6 is 11.3 Å². The minimum Gasteiger partial charge on any atom is -0.391 e. The van der Waals surface area contributed by atoms with Crippen LogP contribution in [0.2, 0.25) is 0 Å². The number of carbonyl (C=O) groups is 1. The topological polar surface area (TPSA) is 78.4 Å². The Labute approximate surface area is 151 Å². The van der Waals surface area contributed by atoms with Gasteiger partial charge >= 0.3 is 6.03 Å². The predicted molar refractivity (Wildman–Crippen MR) is 99.5 cm³/mol. The van der Waals surface area contributed by atoms with Crippen LogP contribution in [0.3, 0.4) is 0 Å². The molecule has 25 heavy (non-hydrogen) atoms. The molecule has 0 bridgehead atoms. The number of likely N-dealkylation sites (tertiary alicyclic amines) is 1. The number of anilines is 1. The summed E-state index contributed by atoms with van der Waals surface area (Å²) in [4.78, 5) is 22.7. The van der Waals surface area contributed by atoms with Crippen LogP contribution in [0.5, 0.6) is 0 Å². The number of aliphatic hydroxyl groups excluding tert-OH is 1. The smallest absolute Gasteiger partial charge is 0.323 e. The third-order valence-corrected chi connectivity index (χ3v) is 5.41. The van der Waals surface area contributed by atoms with Gasteiger partial charge in [0, 0.05) is 36.4 Å². The fourth-order valence-electron chi connectivity index (χ4n) is 3.27. The predicted octanol–water partition coefficient (Wildman–Crippen LogP) is 3.47. The average molecular weight is 360 g/mol. The van der Waals surface area contributed by atoms with Gasteiger partial charge in [0.1, 0.15) is 0 Å². The van der Waals surface area contributed by atoms with Crippen molar-refractivity contribution >= 4 is 22.5 Å². The van der Waals surface area contributed by atoms with Crippen molar-refractivity contribution in [1.82, 2.24) is 14.9 Å². The van der Waals surface area contributed by atoms with Gasteiger partial charge in [0.2, 0.25) is 0 Å². The molecule has 1 saturated heterocycles. The molecule has 2 aromatic heterocycles. The summed E-state index contributed by atoms with van der Waals surface area (Å²) in [6.07, 6.45) is 3.76. The molecule has 3 heterocycles. The molecule has 0 saturated carbocycles. The minimum absolute atomic E-state index is 0.0376.